The van der Waals surface area contributed by atoms with E-state index in [0.717, 1.165) is 22.2 Å². The number of halogens is 1. The van der Waals surface area contributed by atoms with Crippen LogP contribution in [0, 0.1) is 0 Å². The Morgan fingerprint density at radius 3 is 2.57 bits per heavy atom. The first-order valence-corrected chi connectivity index (χ1v) is 7.37. The molecule has 1 aliphatic heterocycles. The Morgan fingerprint density at radius 1 is 1.29 bits per heavy atom. The third-order valence-electron chi connectivity index (χ3n) is 2.80. The highest BCUT2D eigenvalue weighted by atomic mass is 35.5. The van der Waals surface area contributed by atoms with Gasteiger partial charge in [-0.25, -0.2) is 0 Å². The Morgan fingerprint density at radius 2 is 1.95 bits per heavy atom. The summed E-state index contributed by atoms with van der Waals surface area (Å²) < 4.78 is 0. The molecule has 1 aromatic rings. The van der Waals surface area contributed by atoms with Gasteiger partial charge in [-0.1, -0.05) is 23.7 Å². The second-order valence-electron chi connectivity index (χ2n) is 4.36. The molecule has 2 amide bonds. The molecule has 0 atom stereocenters. The minimum Gasteiger partial charge on any atom is -0.550 e. The number of carbonyl (C=O) groups is 3. The number of benzene rings is 1. The molecule has 0 aromatic heterocycles. The topological polar surface area (TPSA) is 77.5 Å². The monoisotopic (exact) mass is 324 g/mol. The van der Waals surface area contributed by atoms with Gasteiger partial charge in [0.15, 0.2) is 0 Å². The predicted molar refractivity (Wildman–Crippen MR) is 78.4 cm³/mol. The number of carboxylic acid groups (broad SMARTS) is 1. The molecule has 1 aliphatic rings. The molecule has 0 radical (unpaired) electrons. The summed E-state index contributed by atoms with van der Waals surface area (Å²) in [5.41, 5.74) is 0.764. The maximum atomic E-state index is 12.1. The van der Waals surface area contributed by atoms with Crippen molar-refractivity contribution in [1.29, 1.82) is 0 Å². The van der Waals surface area contributed by atoms with Crippen LogP contribution in [0.1, 0.15) is 18.4 Å². The second kappa shape index (κ2) is 6.78. The van der Waals surface area contributed by atoms with Crippen LogP contribution in [0.2, 0.25) is 5.02 Å². The molecule has 0 N–H and O–H groups in total. The molecule has 0 bridgehead atoms. The number of thioether (sulfide) groups is 1. The maximum absolute atomic E-state index is 12.1. The first-order chi connectivity index (χ1) is 9.97. The molecule has 1 aromatic carbocycles. The van der Waals surface area contributed by atoms with Crippen molar-refractivity contribution < 1.29 is 19.5 Å². The van der Waals surface area contributed by atoms with E-state index in [1.807, 2.05) is 0 Å². The molecule has 0 saturated carbocycles. The van der Waals surface area contributed by atoms with E-state index in [0.29, 0.717) is 9.93 Å². The largest absolute Gasteiger partial charge is 0.550 e. The fraction of sp³-hybridized carbons (Fsp3) is 0.214. The van der Waals surface area contributed by atoms with Crippen molar-refractivity contribution in [1.82, 2.24) is 4.90 Å². The van der Waals surface area contributed by atoms with E-state index >= 15 is 0 Å². The van der Waals surface area contributed by atoms with Crippen molar-refractivity contribution >= 4 is 46.6 Å². The van der Waals surface area contributed by atoms with Crippen LogP contribution >= 0.6 is 23.4 Å². The van der Waals surface area contributed by atoms with Crippen LogP contribution in [0.15, 0.2) is 29.2 Å². The summed E-state index contributed by atoms with van der Waals surface area (Å²) in [4.78, 5) is 35.6. The molecule has 1 heterocycles. The van der Waals surface area contributed by atoms with Gasteiger partial charge in [-0.3, -0.25) is 14.5 Å². The summed E-state index contributed by atoms with van der Waals surface area (Å²) in [5, 5.41) is 10.5. The lowest BCUT2D eigenvalue weighted by molar-refractivity contribution is -0.305. The first kappa shape index (κ1) is 15.6. The number of aliphatic carboxylic acids is 1. The maximum Gasteiger partial charge on any atom is 0.293 e. The van der Waals surface area contributed by atoms with Crippen molar-refractivity contribution in [3.63, 3.8) is 0 Å². The van der Waals surface area contributed by atoms with E-state index in [9.17, 15) is 19.5 Å². The van der Waals surface area contributed by atoms with Crippen LogP contribution < -0.4 is 5.11 Å². The fourth-order valence-corrected chi connectivity index (χ4v) is 2.78. The third kappa shape index (κ3) is 4.09. The lowest BCUT2D eigenvalue weighted by atomic mass is 10.2. The van der Waals surface area contributed by atoms with E-state index in [1.54, 1.807) is 30.3 Å². The second-order valence-corrected chi connectivity index (χ2v) is 5.79. The average molecular weight is 325 g/mol. The normalized spacial score (nSPS) is 16.8. The number of imide groups is 1. The summed E-state index contributed by atoms with van der Waals surface area (Å²) in [7, 11) is 0. The zero-order valence-electron chi connectivity index (χ0n) is 10.9. The van der Waals surface area contributed by atoms with Crippen molar-refractivity contribution in [3.05, 3.63) is 39.8 Å². The molecule has 1 saturated heterocycles. The molecule has 2 rings (SSSR count). The Bertz CT molecular complexity index is 612. The van der Waals surface area contributed by atoms with Gasteiger partial charge in [0.2, 0.25) is 0 Å². The Hall–Kier alpha value is -1.79. The van der Waals surface area contributed by atoms with Crippen LogP contribution in [-0.4, -0.2) is 28.6 Å². The van der Waals surface area contributed by atoms with Crippen LogP contribution in [-0.2, 0) is 9.59 Å². The minimum atomic E-state index is -1.20. The highest BCUT2D eigenvalue weighted by Crippen LogP contribution is 2.32. The highest BCUT2D eigenvalue weighted by molar-refractivity contribution is 8.18. The number of hydrogen-bond acceptors (Lipinski definition) is 5. The number of amides is 2. The fourth-order valence-electron chi connectivity index (χ4n) is 1.78. The number of rotatable bonds is 5. The van der Waals surface area contributed by atoms with E-state index in [2.05, 4.69) is 0 Å². The van der Waals surface area contributed by atoms with Gasteiger partial charge in [-0.2, -0.15) is 0 Å². The molecule has 21 heavy (non-hydrogen) atoms. The quantitative estimate of drug-likeness (QED) is 0.773. The molecular weight excluding hydrogens is 314 g/mol. The van der Waals surface area contributed by atoms with Gasteiger partial charge in [0.05, 0.1) is 4.91 Å². The molecular formula is C14H11ClNO4S-. The Labute approximate surface area is 130 Å². The van der Waals surface area contributed by atoms with Gasteiger partial charge in [-0.05, 0) is 48.4 Å². The SMILES string of the molecule is O=C([O-])CCCN1C(=O)S/C(=C\c2ccc(Cl)cc2)C1=O. The standard InChI is InChI=1S/C14H12ClNO4S/c15-10-5-3-9(4-6-10)8-11-13(19)16(14(20)21-11)7-1-2-12(17)18/h3-6,8H,1-2,7H2,(H,17,18)/p-1/b11-8-. The van der Waals surface area contributed by atoms with Crippen molar-refractivity contribution in [2.24, 2.45) is 0 Å². The van der Waals surface area contributed by atoms with Crippen molar-refractivity contribution in [2.75, 3.05) is 6.54 Å². The van der Waals surface area contributed by atoms with Crippen LogP contribution in [0.3, 0.4) is 0 Å². The lowest BCUT2D eigenvalue weighted by Crippen LogP contribution is -2.30. The van der Waals surface area contributed by atoms with Crippen molar-refractivity contribution in [2.45, 2.75) is 12.8 Å². The minimum absolute atomic E-state index is 0.0800. The van der Waals surface area contributed by atoms with Crippen LogP contribution in [0.5, 0.6) is 0 Å². The van der Waals surface area contributed by atoms with Gasteiger partial charge in [0.25, 0.3) is 11.1 Å². The zero-order chi connectivity index (χ0) is 15.4. The molecule has 110 valence electrons. The van der Waals surface area contributed by atoms with Gasteiger partial charge in [0, 0.05) is 17.5 Å². The number of hydrogen-bond donors (Lipinski definition) is 0. The highest BCUT2D eigenvalue weighted by Gasteiger charge is 2.34. The van der Waals surface area contributed by atoms with E-state index in [-0.39, 0.29) is 19.4 Å². The van der Waals surface area contributed by atoms with E-state index < -0.39 is 17.1 Å². The van der Waals surface area contributed by atoms with Gasteiger partial charge < -0.3 is 9.90 Å². The summed E-state index contributed by atoms with van der Waals surface area (Å²) in [6, 6.07) is 6.87. The van der Waals surface area contributed by atoms with Crippen LogP contribution in [0.25, 0.3) is 6.08 Å². The summed E-state index contributed by atoms with van der Waals surface area (Å²) >= 11 is 6.62. The van der Waals surface area contributed by atoms with Gasteiger partial charge >= 0.3 is 0 Å². The van der Waals surface area contributed by atoms with Gasteiger partial charge in [-0.15, -0.1) is 0 Å². The van der Waals surface area contributed by atoms with Crippen LogP contribution in [0.4, 0.5) is 4.79 Å². The number of nitrogens with zero attached hydrogens (tertiary/aromatic N) is 1. The molecule has 0 aliphatic carbocycles. The zero-order valence-corrected chi connectivity index (χ0v) is 12.4. The Kier molecular flexibility index (Phi) is 5.03. The lowest BCUT2D eigenvalue weighted by Gasteiger charge is -2.12. The molecule has 1 fully saturated rings. The van der Waals surface area contributed by atoms with E-state index in [1.165, 1.54) is 0 Å². The summed E-state index contributed by atoms with van der Waals surface area (Å²) in [6.07, 6.45) is 1.62. The molecule has 7 heteroatoms. The summed E-state index contributed by atoms with van der Waals surface area (Å²) in [5.74, 6) is -1.60. The molecule has 0 spiro atoms. The number of carboxylic acids is 1. The molecule has 0 unspecified atom stereocenters. The molecule has 5 nitrogen and oxygen atoms in total. The third-order valence-corrected chi connectivity index (χ3v) is 3.96. The van der Waals surface area contributed by atoms with Gasteiger partial charge in [0.1, 0.15) is 0 Å². The summed E-state index contributed by atoms with van der Waals surface area (Å²) in [6.45, 7) is 0.0800. The predicted octanol–water partition coefficient (Wildman–Crippen LogP) is 1.91. The Balaban J connectivity index is 2.06. The average Bonchev–Trinajstić information content (AvgIpc) is 2.68. The van der Waals surface area contributed by atoms with Crippen molar-refractivity contribution in [3.8, 4) is 0 Å². The number of carbonyl (C=O) groups excluding carboxylic acids is 3. The first-order valence-electron chi connectivity index (χ1n) is 6.18. The van der Waals surface area contributed by atoms with E-state index in [4.69, 9.17) is 11.6 Å². The smallest absolute Gasteiger partial charge is 0.293 e.